The second kappa shape index (κ2) is 10.2. The number of likely N-dealkylation sites (N-methyl/N-ethyl adjacent to an activating group) is 1. The van der Waals surface area contributed by atoms with Crippen molar-refractivity contribution in [2.45, 2.75) is 25.5 Å². The highest BCUT2D eigenvalue weighted by Gasteiger charge is 2.41. The lowest BCUT2D eigenvalue weighted by atomic mass is 9.96. The van der Waals surface area contributed by atoms with Crippen LogP contribution in [0.5, 0.6) is 5.75 Å². The van der Waals surface area contributed by atoms with Gasteiger partial charge in [-0.2, -0.15) is 0 Å². The first-order chi connectivity index (χ1) is 15.4. The summed E-state index contributed by atoms with van der Waals surface area (Å²) in [6.07, 6.45) is 1.96. The number of piperazine rings is 1. The van der Waals surface area contributed by atoms with E-state index < -0.39 is 5.60 Å². The predicted octanol–water partition coefficient (Wildman–Crippen LogP) is 2.45. The number of aryl methyl sites for hydroxylation is 1. The highest BCUT2D eigenvalue weighted by Crippen LogP contribution is 2.27. The molecule has 9 heteroatoms. The number of morpholine rings is 1. The lowest BCUT2D eigenvalue weighted by Crippen LogP contribution is -2.58. The van der Waals surface area contributed by atoms with E-state index in [-0.39, 0.29) is 18.9 Å². The fourth-order valence-electron chi connectivity index (χ4n) is 4.20. The molecule has 4 rings (SSSR count). The van der Waals surface area contributed by atoms with Crippen LogP contribution in [-0.2, 0) is 16.1 Å². The first-order valence-corrected chi connectivity index (χ1v) is 11.4. The number of carbonyl (C=O) groups is 1. The van der Waals surface area contributed by atoms with Gasteiger partial charge in [0.2, 0.25) is 5.91 Å². The predicted molar refractivity (Wildman–Crippen MR) is 121 cm³/mol. The molecule has 0 unspecified atom stereocenters. The Labute approximate surface area is 194 Å². The molecule has 0 radical (unpaired) electrons. The topological polar surface area (TPSA) is 71.3 Å². The van der Waals surface area contributed by atoms with Gasteiger partial charge in [0.1, 0.15) is 24.2 Å². The van der Waals surface area contributed by atoms with Crippen LogP contribution in [0.15, 0.2) is 34.9 Å². The number of ether oxygens (including phenoxy) is 2. The molecule has 0 aliphatic carbocycles. The maximum atomic E-state index is 13.2. The molecule has 2 aromatic rings. The quantitative estimate of drug-likeness (QED) is 0.625. The van der Waals surface area contributed by atoms with Crippen LogP contribution in [-0.4, -0.2) is 90.7 Å². The monoisotopic (exact) mass is 462 g/mol. The van der Waals surface area contributed by atoms with Gasteiger partial charge < -0.3 is 23.7 Å². The van der Waals surface area contributed by atoms with Crippen LogP contribution in [0.4, 0.5) is 0 Å². The minimum atomic E-state index is -0.739. The molecule has 1 aromatic carbocycles. The van der Waals surface area contributed by atoms with E-state index in [4.69, 9.17) is 25.5 Å². The molecule has 2 fully saturated rings. The SMILES string of the molecule is Cc1nc(CN2CCO[C@](COc3ccc(Cl)cc3)(CC(=O)N3CCN(C)CC3)C2)co1. The number of oxazole rings is 1. The number of benzene rings is 1. The van der Waals surface area contributed by atoms with Crippen molar-refractivity contribution in [3.05, 3.63) is 47.1 Å². The number of amides is 1. The molecular weight excluding hydrogens is 432 g/mol. The Hall–Kier alpha value is -2.13. The average Bonchev–Trinajstić information content (AvgIpc) is 3.18. The zero-order chi connectivity index (χ0) is 22.6. The Kier molecular flexibility index (Phi) is 7.35. The van der Waals surface area contributed by atoms with Gasteiger partial charge in [0.15, 0.2) is 5.89 Å². The van der Waals surface area contributed by atoms with E-state index in [9.17, 15) is 4.79 Å². The first kappa shape index (κ1) is 23.0. The van der Waals surface area contributed by atoms with Gasteiger partial charge in [-0.1, -0.05) is 11.6 Å². The van der Waals surface area contributed by atoms with Gasteiger partial charge in [-0.3, -0.25) is 9.69 Å². The first-order valence-electron chi connectivity index (χ1n) is 11.0. The molecule has 32 heavy (non-hydrogen) atoms. The normalized spacial score (nSPS) is 22.8. The standard InChI is InChI=1S/C23H31ClN4O4/c1-18-25-20(15-30-18)14-27-11-12-32-23(16-27,17-31-21-5-3-19(24)4-6-21)13-22(29)28-9-7-26(2)8-10-28/h3-6,15H,7-14,16-17H2,1-2H3/t23-/m1/s1. The van der Waals surface area contributed by atoms with Gasteiger partial charge >= 0.3 is 0 Å². The third-order valence-electron chi connectivity index (χ3n) is 6.02. The highest BCUT2D eigenvalue weighted by molar-refractivity contribution is 6.30. The molecule has 3 heterocycles. The summed E-state index contributed by atoms with van der Waals surface area (Å²) in [5, 5.41) is 0.653. The molecule has 8 nitrogen and oxygen atoms in total. The lowest BCUT2D eigenvalue weighted by molar-refractivity contribution is -0.158. The zero-order valence-corrected chi connectivity index (χ0v) is 19.5. The summed E-state index contributed by atoms with van der Waals surface area (Å²) in [6, 6.07) is 7.24. The van der Waals surface area contributed by atoms with Gasteiger partial charge in [0.05, 0.1) is 18.7 Å². The number of aromatic nitrogens is 1. The molecular formula is C23H31ClN4O4. The molecule has 0 spiro atoms. The third kappa shape index (κ3) is 6.01. The molecule has 1 amide bonds. The molecule has 0 N–H and O–H groups in total. The summed E-state index contributed by atoms with van der Waals surface area (Å²) in [5.74, 6) is 1.46. The van der Waals surface area contributed by atoms with Crippen molar-refractivity contribution in [3.63, 3.8) is 0 Å². The smallest absolute Gasteiger partial charge is 0.225 e. The van der Waals surface area contributed by atoms with Crippen LogP contribution in [0.3, 0.4) is 0 Å². The van der Waals surface area contributed by atoms with Crippen LogP contribution in [0.25, 0.3) is 0 Å². The maximum Gasteiger partial charge on any atom is 0.225 e. The molecule has 2 saturated heterocycles. The van der Waals surface area contributed by atoms with E-state index in [1.807, 2.05) is 24.0 Å². The minimum absolute atomic E-state index is 0.108. The number of carbonyl (C=O) groups excluding carboxylic acids is 1. The minimum Gasteiger partial charge on any atom is -0.491 e. The van der Waals surface area contributed by atoms with Crippen molar-refractivity contribution in [2.24, 2.45) is 0 Å². The van der Waals surface area contributed by atoms with Crippen LogP contribution in [0, 0.1) is 6.92 Å². The summed E-state index contributed by atoms with van der Waals surface area (Å²) in [7, 11) is 2.08. The molecule has 0 bridgehead atoms. The Morgan fingerprint density at radius 2 is 1.94 bits per heavy atom. The van der Waals surface area contributed by atoms with Crippen LogP contribution >= 0.6 is 11.6 Å². The van der Waals surface area contributed by atoms with E-state index in [0.717, 1.165) is 38.4 Å². The summed E-state index contributed by atoms with van der Waals surface area (Å²) in [6.45, 7) is 7.88. The van der Waals surface area contributed by atoms with Crippen molar-refractivity contribution in [2.75, 3.05) is 59.5 Å². The van der Waals surface area contributed by atoms with Crippen LogP contribution in [0.1, 0.15) is 18.0 Å². The largest absolute Gasteiger partial charge is 0.491 e. The molecule has 174 valence electrons. The van der Waals surface area contributed by atoms with Crippen LogP contribution in [0.2, 0.25) is 5.02 Å². The van der Waals surface area contributed by atoms with Crippen molar-refractivity contribution in [1.82, 2.24) is 19.7 Å². The lowest BCUT2D eigenvalue weighted by Gasteiger charge is -2.43. The Morgan fingerprint density at radius 3 is 2.62 bits per heavy atom. The van der Waals surface area contributed by atoms with Crippen molar-refractivity contribution in [3.8, 4) is 5.75 Å². The molecule has 2 aliphatic heterocycles. The van der Waals surface area contributed by atoms with Crippen molar-refractivity contribution >= 4 is 17.5 Å². The number of hydrogen-bond acceptors (Lipinski definition) is 7. The van der Waals surface area contributed by atoms with Crippen molar-refractivity contribution in [1.29, 1.82) is 0 Å². The molecule has 1 aromatic heterocycles. The van der Waals surface area contributed by atoms with Gasteiger partial charge in [-0.05, 0) is 31.3 Å². The summed E-state index contributed by atoms with van der Waals surface area (Å²) >= 11 is 6.00. The number of hydrogen-bond donors (Lipinski definition) is 0. The van der Waals surface area contributed by atoms with Gasteiger partial charge in [-0.25, -0.2) is 4.98 Å². The van der Waals surface area contributed by atoms with Gasteiger partial charge in [0.25, 0.3) is 0 Å². The summed E-state index contributed by atoms with van der Waals surface area (Å²) < 4.78 is 17.7. The summed E-state index contributed by atoms with van der Waals surface area (Å²) in [4.78, 5) is 24.1. The molecule has 1 atom stereocenters. The second-order valence-electron chi connectivity index (χ2n) is 8.70. The Morgan fingerprint density at radius 1 is 1.19 bits per heavy atom. The third-order valence-corrected chi connectivity index (χ3v) is 6.28. The van der Waals surface area contributed by atoms with Gasteiger partial charge in [-0.15, -0.1) is 0 Å². The van der Waals surface area contributed by atoms with Crippen LogP contribution < -0.4 is 4.74 Å². The van der Waals surface area contributed by atoms with E-state index in [1.165, 1.54) is 0 Å². The van der Waals surface area contributed by atoms with E-state index in [2.05, 4.69) is 21.8 Å². The van der Waals surface area contributed by atoms with E-state index in [1.54, 1.807) is 18.4 Å². The number of nitrogens with zero attached hydrogens (tertiary/aromatic N) is 4. The summed E-state index contributed by atoms with van der Waals surface area (Å²) in [5.41, 5.74) is 0.138. The fourth-order valence-corrected chi connectivity index (χ4v) is 4.33. The van der Waals surface area contributed by atoms with E-state index in [0.29, 0.717) is 36.4 Å². The second-order valence-corrected chi connectivity index (χ2v) is 9.14. The zero-order valence-electron chi connectivity index (χ0n) is 18.8. The van der Waals surface area contributed by atoms with Crippen molar-refractivity contribution < 1.29 is 18.7 Å². The Balaban J connectivity index is 1.47. The number of halogens is 1. The fraction of sp³-hybridized carbons (Fsp3) is 0.565. The molecule has 0 saturated carbocycles. The highest BCUT2D eigenvalue weighted by atomic mass is 35.5. The van der Waals surface area contributed by atoms with E-state index >= 15 is 0 Å². The van der Waals surface area contributed by atoms with Gasteiger partial charge in [0, 0.05) is 57.8 Å². The Bertz CT molecular complexity index is 898. The number of rotatable bonds is 7. The maximum absolute atomic E-state index is 13.2. The molecule has 2 aliphatic rings. The average molecular weight is 463 g/mol.